The van der Waals surface area contributed by atoms with E-state index in [4.69, 9.17) is 4.74 Å². The topological polar surface area (TPSA) is 88.8 Å². The normalized spacial score (nSPS) is 14.1. The summed E-state index contributed by atoms with van der Waals surface area (Å²) in [5.74, 6) is -9.07. The lowest BCUT2D eigenvalue weighted by atomic mass is 10.0. The van der Waals surface area contributed by atoms with E-state index >= 15 is 0 Å². The number of carboxylic acid groups (broad SMARTS) is 1. The van der Waals surface area contributed by atoms with Crippen molar-refractivity contribution in [1.29, 1.82) is 0 Å². The lowest BCUT2D eigenvalue weighted by molar-refractivity contribution is -0.170. The number of benzene rings is 1. The van der Waals surface area contributed by atoms with Crippen molar-refractivity contribution in [3.05, 3.63) is 33.1 Å². The van der Waals surface area contributed by atoms with E-state index in [2.05, 4.69) is 0 Å². The molecule has 1 aliphatic rings. The van der Waals surface area contributed by atoms with Crippen molar-refractivity contribution < 1.29 is 41.4 Å². The summed E-state index contributed by atoms with van der Waals surface area (Å²) >= 11 is 0. The van der Waals surface area contributed by atoms with E-state index in [1.807, 2.05) is 0 Å². The summed E-state index contributed by atoms with van der Waals surface area (Å²) in [7, 11) is 2.72. The molecular formula is C18H15F5N2O5. The molecule has 0 bridgehead atoms. The van der Waals surface area contributed by atoms with Gasteiger partial charge in [-0.3, -0.25) is 9.59 Å². The van der Waals surface area contributed by atoms with E-state index < -0.39 is 63.0 Å². The van der Waals surface area contributed by atoms with Crippen molar-refractivity contribution in [2.24, 2.45) is 7.05 Å². The fourth-order valence-electron chi connectivity index (χ4n) is 3.54. The lowest BCUT2D eigenvalue weighted by Gasteiger charge is -2.24. The summed E-state index contributed by atoms with van der Waals surface area (Å²) in [6.45, 7) is 0. The van der Waals surface area contributed by atoms with Crippen LogP contribution >= 0.6 is 0 Å². The molecule has 1 N–H and O–H groups in total. The Bertz CT molecular complexity index is 1150. The molecule has 1 saturated carbocycles. The lowest BCUT2D eigenvalue weighted by Crippen LogP contribution is -2.40. The molecule has 12 heteroatoms. The van der Waals surface area contributed by atoms with Crippen LogP contribution < -0.4 is 15.1 Å². The number of ether oxygens (including phenoxy) is 1. The molecule has 7 nitrogen and oxygen atoms in total. The van der Waals surface area contributed by atoms with E-state index in [1.165, 1.54) is 7.05 Å². The average molecular weight is 434 g/mol. The van der Waals surface area contributed by atoms with Gasteiger partial charge in [-0.2, -0.15) is 17.6 Å². The Morgan fingerprint density at radius 3 is 2.20 bits per heavy atom. The predicted octanol–water partition coefficient (Wildman–Crippen LogP) is 2.93. The first-order chi connectivity index (χ1) is 13.8. The second-order valence-electron chi connectivity index (χ2n) is 6.82. The van der Waals surface area contributed by atoms with Gasteiger partial charge in [-0.25, -0.2) is 9.18 Å². The van der Waals surface area contributed by atoms with Gasteiger partial charge < -0.3 is 19.3 Å². The van der Waals surface area contributed by atoms with Gasteiger partial charge in [0.25, 0.3) is 0 Å². The highest BCUT2D eigenvalue weighted by atomic mass is 19.4. The van der Waals surface area contributed by atoms with E-state index in [0.717, 1.165) is 11.7 Å². The summed E-state index contributed by atoms with van der Waals surface area (Å²) < 4.78 is 74.2. The van der Waals surface area contributed by atoms with Gasteiger partial charge in [0.15, 0.2) is 11.6 Å². The van der Waals surface area contributed by atoms with E-state index in [9.17, 15) is 41.4 Å². The Morgan fingerprint density at radius 1 is 1.20 bits per heavy atom. The average Bonchev–Trinajstić information content (AvgIpc) is 3.48. The zero-order chi connectivity index (χ0) is 22.7. The van der Waals surface area contributed by atoms with E-state index in [-0.39, 0.29) is 16.5 Å². The minimum absolute atomic E-state index is 0.0139. The van der Waals surface area contributed by atoms with Gasteiger partial charge >= 0.3 is 18.1 Å². The van der Waals surface area contributed by atoms with Crippen molar-refractivity contribution in [3.8, 4) is 5.75 Å². The van der Waals surface area contributed by atoms with Crippen LogP contribution in [0.15, 0.2) is 4.79 Å². The van der Waals surface area contributed by atoms with Gasteiger partial charge in [-0.1, -0.05) is 0 Å². The molecule has 1 aromatic heterocycles. The Hall–Kier alpha value is -3.18. The number of pyridine rings is 1. The van der Waals surface area contributed by atoms with Crippen molar-refractivity contribution in [3.63, 3.8) is 0 Å². The molecule has 3 rings (SSSR count). The van der Waals surface area contributed by atoms with Crippen LogP contribution in [0, 0.1) is 11.6 Å². The first-order valence-electron chi connectivity index (χ1n) is 8.54. The third-order valence-electron chi connectivity index (χ3n) is 4.96. The maximum Gasteiger partial charge on any atom is 0.471 e. The van der Waals surface area contributed by atoms with Crippen LogP contribution in [-0.2, 0) is 11.8 Å². The Kier molecular flexibility index (Phi) is 4.99. The number of methoxy groups -OCH3 is 1. The molecule has 1 aliphatic carbocycles. The Morgan fingerprint density at radius 2 is 1.77 bits per heavy atom. The fourth-order valence-corrected chi connectivity index (χ4v) is 3.54. The largest absolute Gasteiger partial charge is 0.491 e. The number of anilines is 1. The number of nitrogens with zero attached hydrogens (tertiary/aromatic N) is 2. The number of hydrogen-bond donors (Lipinski definition) is 1. The second-order valence-corrected chi connectivity index (χ2v) is 6.82. The van der Waals surface area contributed by atoms with Gasteiger partial charge in [0, 0.05) is 25.7 Å². The maximum absolute atomic E-state index is 14.8. The molecule has 162 valence electrons. The van der Waals surface area contributed by atoms with Crippen molar-refractivity contribution in [2.45, 2.75) is 24.9 Å². The van der Waals surface area contributed by atoms with Gasteiger partial charge in [0.05, 0.1) is 18.2 Å². The number of rotatable bonds is 4. The molecular weight excluding hydrogens is 419 g/mol. The molecule has 1 amide bonds. The van der Waals surface area contributed by atoms with E-state index in [0.29, 0.717) is 19.9 Å². The predicted molar refractivity (Wildman–Crippen MR) is 94.1 cm³/mol. The molecule has 1 aromatic carbocycles. The molecule has 0 atom stereocenters. The number of carbonyl (C=O) groups excluding carboxylic acids is 1. The number of carboxylic acids is 1. The minimum Gasteiger partial charge on any atom is -0.491 e. The van der Waals surface area contributed by atoms with Crippen LogP contribution in [-0.4, -0.2) is 41.9 Å². The van der Waals surface area contributed by atoms with Crippen LogP contribution in [0.4, 0.5) is 27.6 Å². The zero-order valence-corrected chi connectivity index (χ0v) is 15.9. The highest BCUT2D eigenvalue weighted by Crippen LogP contribution is 2.45. The van der Waals surface area contributed by atoms with Crippen LogP contribution in [0.25, 0.3) is 10.9 Å². The highest BCUT2D eigenvalue weighted by Gasteiger charge is 2.44. The fraction of sp³-hybridized carbons (Fsp3) is 0.389. The molecule has 0 unspecified atom stereocenters. The second kappa shape index (κ2) is 6.96. The summed E-state index contributed by atoms with van der Waals surface area (Å²) in [6, 6.07) is 0. The molecule has 0 aliphatic heterocycles. The number of amides is 1. The van der Waals surface area contributed by atoms with Crippen LogP contribution in [0.5, 0.6) is 5.75 Å². The van der Waals surface area contributed by atoms with Crippen LogP contribution in [0.3, 0.4) is 0 Å². The van der Waals surface area contributed by atoms with Crippen molar-refractivity contribution >= 4 is 28.5 Å². The van der Waals surface area contributed by atoms with Crippen LogP contribution in [0.1, 0.15) is 34.8 Å². The van der Waals surface area contributed by atoms with Crippen LogP contribution in [0.2, 0.25) is 0 Å². The smallest absolute Gasteiger partial charge is 0.471 e. The van der Waals surface area contributed by atoms with Gasteiger partial charge in [0.1, 0.15) is 11.1 Å². The summed E-state index contributed by atoms with van der Waals surface area (Å²) in [4.78, 5) is 36.2. The Balaban J connectivity index is 2.58. The number of carbonyl (C=O) groups is 2. The quantitative estimate of drug-likeness (QED) is 0.748. The van der Waals surface area contributed by atoms with E-state index in [1.54, 1.807) is 0 Å². The number of hydrogen-bond acceptors (Lipinski definition) is 4. The van der Waals surface area contributed by atoms with Gasteiger partial charge in [-0.15, -0.1) is 0 Å². The number of aromatic carboxylic acids is 1. The molecule has 1 heterocycles. The van der Waals surface area contributed by atoms with Crippen molar-refractivity contribution in [1.82, 2.24) is 4.57 Å². The number of alkyl halides is 3. The third-order valence-corrected chi connectivity index (χ3v) is 4.96. The Labute approximate surface area is 165 Å². The summed E-state index contributed by atoms with van der Waals surface area (Å²) in [6.07, 6.45) is -4.40. The molecule has 30 heavy (non-hydrogen) atoms. The number of fused-ring (bicyclic) bond motifs is 1. The maximum atomic E-state index is 14.8. The highest BCUT2D eigenvalue weighted by molar-refractivity contribution is 6.08. The number of aryl methyl sites for hydroxylation is 1. The number of aromatic nitrogens is 1. The molecule has 0 saturated heterocycles. The van der Waals surface area contributed by atoms with Crippen molar-refractivity contribution in [2.75, 3.05) is 19.1 Å². The molecule has 0 radical (unpaired) electrons. The third kappa shape index (κ3) is 3.06. The standard InChI is InChI=1S/C18H15F5N2O5/c1-24-11(6-4-5-6)8(16(27)28)14(26)7-12(25(2)17(29)18(21,22)23)9(19)10(20)15(30-3)13(7)24/h6H,4-5H2,1-3H3,(H,27,28). The SMILES string of the molecule is COc1c(F)c(F)c(N(C)C(=O)C(F)(F)F)c2c(=O)c(C(=O)O)c(C3CC3)n(C)c12. The van der Waals surface area contributed by atoms with Gasteiger partial charge in [0.2, 0.25) is 11.2 Å². The van der Waals surface area contributed by atoms with Gasteiger partial charge in [-0.05, 0) is 12.8 Å². The zero-order valence-electron chi connectivity index (χ0n) is 15.9. The first kappa shape index (κ1) is 21.5. The summed E-state index contributed by atoms with van der Waals surface area (Å²) in [5, 5.41) is 8.65. The first-order valence-corrected chi connectivity index (χ1v) is 8.54. The minimum atomic E-state index is -5.46. The molecule has 2 aromatic rings. The molecule has 0 spiro atoms. The molecule has 1 fully saturated rings. The monoisotopic (exact) mass is 434 g/mol. The number of halogens is 5. The summed E-state index contributed by atoms with van der Waals surface area (Å²) in [5.41, 5.74) is -3.89.